The van der Waals surface area contributed by atoms with Gasteiger partial charge in [0.2, 0.25) is 5.95 Å². The number of ether oxygens (including phenoxy) is 2. The molecule has 0 aliphatic carbocycles. The van der Waals surface area contributed by atoms with E-state index in [0.717, 1.165) is 0 Å². The molecule has 9 heteroatoms. The van der Waals surface area contributed by atoms with Gasteiger partial charge >= 0.3 is 0 Å². The average molecular weight is 302 g/mol. The third-order valence-corrected chi connectivity index (χ3v) is 3.30. The molecular formula is C13H12N5O4-. The highest BCUT2D eigenvalue weighted by Crippen LogP contribution is 2.38. The number of allylic oxidation sites excluding steroid dienone is 1. The zero-order chi connectivity index (χ0) is 15.7. The molecule has 0 amide bonds. The molecule has 1 aromatic carbocycles. The minimum absolute atomic E-state index is 0.114. The van der Waals surface area contributed by atoms with Gasteiger partial charge in [-0.15, -0.1) is 0 Å². The van der Waals surface area contributed by atoms with Gasteiger partial charge < -0.3 is 24.7 Å². The number of carboxylic acids is 1. The number of aliphatic carboxylic acids is 1. The fraction of sp³-hybridized carbons (Fsp3) is 0.231. The molecule has 2 aromatic rings. The normalized spacial score (nSPS) is 16.3. The lowest BCUT2D eigenvalue weighted by molar-refractivity contribution is -0.299. The van der Waals surface area contributed by atoms with Crippen molar-refractivity contribution >= 4 is 11.9 Å². The number of anilines is 1. The van der Waals surface area contributed by atoms with Gasteiger partial charge in [0.05, 0.1) is 25.9 Å². The van der Waals surface area contributed by atoms with Crippen molar-refractivity contribution in [2.75, 3.05) is 19.5 Å². The number of methoxy groups -OCH3 is 2. The molecule has 9 nitrogen and oxygen atoms in total. The lowest BCUT2D eigenvalue weighted by Gasteiger charge is -2.25. The van der Waals surface area contributed by atoms with E-state index in [1.165, 1.54) is 25.0 Å². The van der Waals surface area contributed by atoms with E-state index in [0.29, 0.717) is 17.1 Å². The summed E-state index contributed by atoms with van der Waals surface area (Å²) in [6, 6.07) is 4.73. The number of hydrogen-bond acceptors (Lipinski definition) is 8. The molecule has 0 saturated carbocycles. The summed E-state index contributed by atoms with van der Waals surface area (Å²) in [4.78, 5) is 11.2. The SMILES string of the molecule is COc1cccc([C@H]2C=C(C(=O)[O-])Nc3nnnn32)c1OC. The van der Waals surface area contributed by atoms with Crippen LogP contribution in [0.4, 0.5) is 5.95 Å². The number of nitrogens with one attached hydrogen (secondary N) is 1. The predicted molar refractivity (Wildman–Crippen MR) is 72.2 cm³/mol. The fourth-order valence-corrected chi connectivity index (χ4v) is 2.34. The van der Waals surface area contributed by atoms with Crippen molar-refractivity contribution < 1.29 is 19.4 Å². The molecular weight excluding hydrogens is 290 g/mol. The minimum Gasteiger partial charge on any atom is -0.543 e. The standard InChI is InChI=1S/C13H13N5O4/c1-21-10-5-3-4-7(11(10)22-2)9-6-8(12(19)20)14-13-15-16-17-18(9)13/h3-6,9H,1-2H3,(H,19,20)(H,14,15,17)/p-1/t9-/m1/s1. The highest BCUT2D eigenvalue weighted by Gasteiger charge is 2.27. The number of hydrogen-bond donors (Lipinski definition) is 1. The van der Waals surface area contributed by atoms with Crippen molar-refractivity contribution in [3.63, 3.8) is 0 Å². The molecule has 1 aliphatic rings. The molecule has 2 heterocycles. The first kappa shape index (κ1) is 13.9. The quantitative estimate of drug-likeness (QED) is 0.791. The van der Waals surface area contributed by atoms with Crippen molar-refractivity contribution in [3.05, 3.63) is 35.5 Å². The summed E-state index contributed by atoms with van der Waals surface area (Å²) in [5.41, 5.74) is 0.549. The Morgan fingerprint density at radius 1 is 1.36 bits per heavy atom. The summed E-state index contributed by atoms with van der Waals surface area (Å²) in [6.07, 6.45) is 1.45. The second-order valence-electron chi connectivity index (χ2n) is 4.47. The molecule has 22 heavy (non-hydrogen) atoms. The Morgan fingerprint density at radius 2 is 2.18 bits per heavy atom. The number of carboxylic acid groups (broad SMARTS) is 1. The number of carbonyl (C=O) groups is 1. The van der Waals surface area contributed by atoms with Gasteiger partial charge in [-0.25, -0.2) is 0 Å². The minimum atomic E-state index is -1.35. The van der Waals surface area contributed by atoms with Crippen LogP contribution in [0.15, 0.2) is 30.0 Å². The Hall–Kier alpha value is -3.10. The molecule has 0 radical (unpaired) electrons. The van der Waals surface area contributed by atoms with Crippen LogP contribution in [-0.4, -0.2) is 40.4 Å². The number of fused-ring (bicyclic) bond motifs is 1. The highest BCUT2D eigenvalue weighted by molar-refractivity contribution is 5.88. The Morgan fingerprint density at radius 3 is 2.86 bits per heavy atom. The monoisotopic (exact) mass is 302 g/mol. The van der Waals surface area contributed by atoms with E-state index in [4.69, 9.17) is 9.47 Å². The zero-order valence-corrected chi connectivity index (χ0v) is 11.8. The lowest BCUT2D eigenvalue weighted by atomic mass is 10.0. The topological polar surface area (TPSA) is 114 Å². The molecule has 114 valence electrons. The van der Waals surface area contributed by atoms with Gasteiger partial charge in [0, 0.05) is 5.56 Å². The van der Waals surface area contributed by atoms with Gasteiger partial charge in [-0.3, -0.25) is 0 Å². The molecule has 0 saturated heterocycles. The molecule has 0 spiro atoms. The van der Waals surface area contributed by atoms with Gasteiger partial charge in [0.1, 0.15) is 6.04 Å². The van der Waals surface area contributed by atoms with E-state index in [1.807, 2.05) is 0 Å². The lowest BCUT2D eigenvalue weighted by Crippen LogP contribution is -2.33. The number of para-hydroxylation sites is 1. The van der Waals surface area contributed by atoms with Crippen LogP contribution < -0.4 is 19.9 Å². The maximum atomic E-state index is 11.2. The number of carbonyl (C=O) groups excluding carboxylic acids is 1. The van der Waals surface area contributed by atoms with Gasteiger partial charge in [-0.2, -0.15) is 4.68 Å². The van der Waals surface area contributed by atoms with Gasteiger partial charge in [-0.1, -0.05) is 17.2 Å². The summed E-state index contributed by atoms with van der Waals surface area (Å²) in [6.45, 7) is 0. The number of tetrazole rings is 1. The van der Waals surface area contributed by atoms with Crippen LogP contribution >= 0.6 is 0 Å². The number of nitrogens with zero attached hydrogens (tertiary/aromatic N) is 4. The van der Waals surface area contributed by atoms with E-state index >= 15 is 0 Å². The first-order valence-corrected chi connectivity index (χ1v) is 6.34. The molecule has 1 aromatic heterocycles. The maximum Gasteiger partial charge on any atom is 0.248 e. The molecule has 1 N–H and O–H groups in total. The van der Waals surface area contributed by atoms with Crippen molar-refractivity contribution in [1.82, 2.24) is 20.2 Å². The van der Waals surface area contributed by atoms with Crippen molar-refractivity contribution in [1.29, 1.82) is 0 Å². The van der Waals surface area contributed by atoms with Crippen molar-refractivity contribution in [2.24, 2.45) is 0 Å². The average Bonchev–Trinajstić information content (AvgIpc) is 3.01. The van der Waals surface area contributed by atoms with E-state index in [2.05, 4.69) is 20.8 Å². The van der Waals surface area contributed by atoms with Crippen LogP contribution in [0.25, 0.3) is 0 Å². The molecule has 1 aliphatic heterocycles. The molecule has 0 fully saturated rings. The van der Waals surface area contributed by atoms with E-state index < -0.39 is 12.0 Å². The zero-order valence-electron chi connectivity index (χ0n) is 11.8. The Balaban J connectivity index is 2.17. The van der Waals surface area contributed by atoms with Crippen molar-refractivity contribution in [2.45, 2.75) is 6.04 Å². The molecule has 1 atom stereocenters. The number of rotatable bonds is 4. The summed E-state index contributed by atoms with van der Waals surface area (Å²) < 4.78 is 12.1. The number of benzene rings is 1. The van der Waals surface area contributed by atoms with Crippen LogP contribution in [0.5, 0.6) is 11.5 Å². The highest BCUT2D eigenvalue weighted by atomic mass is 16.5. The predicted octanol–water partition coefficient (Wildman–Crippen LogP) is -0.661. The van der Waals surface area contributed by atoms with Crippen molar-refractivity contribution in [3.8, 4) is 11.5 Å². The second kappa shape index (κ2) is 5.35. The Kier molecular flexibility index (Phi) is 3.37. The molecule has 0 unspecified atom stereocenters. The second-order valence-corrected chi connectivity index (χ2v) is 4.47. The fourth-order valence-electron chi connectivity index (χ4n) is 2.34. The van der Waals surface area contributed by atoms with Gasteiger partial charge in [0.15, 0.2) is 11.5 Å². The van der Waals surface area contributed by atoms with E-state index in [9.17, 15) is 9.90 Å². The smallest absolute Gasteiger partial charge is 0.248 e. The van der Waals surface area contributed by atoms with Gasteiger partial charge in [0.25, 0.3) is 0 Å². The van der Waals surface area contributed by atoms with E-state index in [1.54, 1.807) is 18.2 Å². The van der Waals surface area contributed by atoms with Crippen LogP contribution in [-0.2, 0) is 4.79 Å². The summed E-state index contributed by atoms with van der Waals surface area (Å²) >= 11 is 0. The largest absolute Gasteiger partial charge is 0.543 e. The van der Waals surface area contributed by atoms with Crippen LogP contribution in [0.3, 0.4) is 0 Å². The van der Waals surface area contributed by atoms with Crippen LogP contribution in [0.1, 0.15) is 11.6 Å². The first-order chi connectivity index (χ1) is 10.7. The Labute approximate surface area is 125 Å². The van der Waals surface area contributed by atoms with Crippen LogP contribution in [0.2, 0.25) is 0 Å². The summed E-state index contributed by atoms with van der Waals surface area (Å²) in [5.74, 6) is -0.137. The molecule has 3 rings (SSSR count). The number of aromatic nitrogens is 4. The maximum absolute atomic E-state index is 11.2. The summed E-state index contributed by atoms with van der Waals surface area (Å²) in [5, 5.41) is 24.9. The Bertz CT molecular complexity index is 755. The first-order valence-electron chi connectivity index (χ1n) is 6.34. The third-order valence-electron chi connectivity index (χ3n) is 3.30. The van der Waals surface area contributed by atoms with Gasteiger partial charge in [-0.05, 0) is 22.6 Å². The molecule has 0 bridgehead atoms. The summed E-state index contributed by atoms with van der Waals surface area (Å²) in [7, 11) is 3.03. The van der Waals surface area contributed by atoms with E-state index in [-0.39, 0.29) is 11.6 Å². The van der Waals surface area contributed by atoms with Crippen LogP contribution in [0, 0.1) is 0 Å². The third kappa shape index (κ3) is 2.12.